The monoisotopic (exact) mass is 199 g/mol. The average molecular weight is 199 g/mol. The minimum absolute atomic E-state index is 0.641. The van der Waals surface area contributed by atoms with E-state index in [-0.39, 0.29) is 0 Å². The molecule has 1 heterocycles. The zero-order valence-electron chi connectivity index (χ0n) is 8.00. The van der Waals surface area contributed by atoms with Gasteiger partial charge in [-0.1, -0.05) is 29.4 Å². The van der Waals surface area contributed by atoms with Gasteiger partial charge in [0.2, 0.25) is 0 Å². The van der Waals surface area contributed by atoms with Gasteiger partial charge in [0.15, 0.2) is 0 Å². The summed E-state index contributed by atoms with van der Waals surface area (Å²) >= 11 is 0. The van der Waals surface area contributed by atoms with Crippen molar-refractivity contribution >= 4 is 5.69 Å². The van der Waals surface area contributed by atoms with Gasteiger partial charge in [0.25, 0.3) is 0 Å². The Kier molecular flexibility index (Phi) is 2.72. The van der Waals surface area contributed by atoms with Crippen molar-refractivity contribution in [3.63, 3.8) is 0 Å². The van der Waals surface area contributed by atoms with Crippen LogP contribution in [0.4, 0.5) is 5.69 Å². The van der Waals surface area contributed by atoms with E-state index in [4.69, 9.17) is 9.95 Å². The third-order valence-corrected chi connectivity index (χ3v) is 2.09. The molecule has 0 fully saturated rings. The standard InChI is InChI=1S/C11H9N3O/c12-14-13-11-6-2-1-4-9(11)8-10-5-3-7-15-10/h1-7H,8H2. The number of nitrogens with zero attached hydrogens (tertiary/aromatic N) is 3. The first-order chi connectivity index (χ1) is 7.40. The lowest BCUT2D eigenvalue weighted by molar-refractivity contribution is 0.521. The Labute approximate surface area is 86.8 Å². The summed E-state index contributed by atoms with van der Waals surface area (Å²) in [6.45, 7) is 0. The van der Waals surface area contributed by atoms with Crippen molar-refractivity contribution in [2.75, 3.05) is 0 Å². The first-order valence-electron chi connectivity index (χ1n) is 4.55. The highest BCUT2D eigenvalue weighted by atomic mass is 16.3. The molecule has 15 heavy (non-hydrogen) atoms. The van der Waals surface area contributed by atoms with Crippen LogP contribution in [0.5, 0.6) is 0 Å². The van der Waals surface area contributed by atoms with Crippen LogP contribution in [0.1, 0.15) is 11.3 Å². The molecule has 1 aromatic carbocycles. The van der Waals surface area contributed by atoms with Gasteiger partial charge in [0, 0.05) is 17.0 Å². The molecule has 0 N–H and O–H groups in total. The molecule has 0 aliphatic heterocycles. The van der Waals surface area contributed by atoms with Crippen LogP contribution in [0.2, 0.25) is 0 Å². The number of hydrogen-bond donors (Lipinski definition) is 0. The molecule has 2 aromatic rings. The van der Waals surface area contributed by atoms with Crippen molar-refractivity contribution in [1.82, 2.24) is 0 Å². The molecule has 0 saturated heterocycles. The lowest BCUT2D eigenvalue weighted by atomic mass is 10.1. The third kappa shape index (κ3) is 2.18. The SMILES string of the molecule is [N-]=[N+]=Nc1ccccc1Cc1ccco1. The van der Waals surface area contributed by atoms with Crippen molar-refractivity contribution in [3.05, 3.63) is 64.4 Å². The van der Waals surface area contributed by atoms with Crippen LogP contribution < -0.4 is 0 Å². The van der Waals surface area contributed by atoms with E-state index >= 15 is 0 Å². The zero-order chi connectivity index (χ0) is 10.5. The number of azide groups is 1. The molecule has 74 valence electrons. The summed E-state index contributed by atoms with van der Waals surface area (Å²) in [5.41, 5.74) is 10.0. The molecule has 1 aromatic heterocycles. The molecule has 4 heteroatoms. The Morgan fingerprint density at radius 2 is 2.07 bits per heavy atom. The largest absolute Gasteiger partial charge is 0.469 e. The van der Waals surface area contributed by atoms with Crippen LogP contribution in [-0.2, 0) is 6.42 Å². The summed E-state index contributed by atoms with van der Waals surface area (Å²) in [7, 11) is 0. The molecule has 2 rings (SSSR count). The van der Waals surface area contributed by atoms with Gasteiger partial charge >= 0.3 is 0 Å². The highest BCUT2D eigenvalue weighted by Crippen LogP contribution is 2.22. The van der Waals surface area contributed by atoms with E-state index in [1.807, 2.05) is 30.3 Å². The minimum atomic E-state index is 0.641. The maximum absolute atomic E-state index is 8.41. The summed E-state index contributed by atoms with van der Waals surface area (Å²) in [5, 5.41) is 3.63. The average Bonchev–Trinajstić information content (AvgIpc) is 2.74. The van der Waals surface area contributed by atoms with Gasteiger partial charge in [0.05, 0.1) is 6.26 Å². The van der Waals surface area contributed by atoms with Gasteiger partial charge in [-0.25, -0.2) is 0 Å². The second kappa shape index (κ2) is 4.35. The molecule has 0 atom stereocenters. The Morgan fingerprint density at radius 3 is 2.80 bits per heavy atom. The first kappa shape index (κ1) is 9.37. The Balaban J connectivity index is 2.31. The quantitative estimate of drug-likeness (QED) is 0.421. The summed E-state index contributed by atoms with van der Waals surface area (Å²) < 4.78 is 5.24. The predicted octanol–water partition coefficient (Wildman–Crippen LogP) is 3.81. The molecule has 0 aliphatic carbocycles. The molecule has 0 saturated carbocycles. The number of benzene rings is 1. The van der Waals surface area contributed by atoms with Crippen molar-refractivity contribution in [1.29, 1.82) is 0 Å². The smallest absolute Gasteiger partial charge is 0.108 e. The molecular weight excluding hydrogens is 190 g/mol. The molecule has 0 amide bonds. The first-order valence-corrected chi connectivity index (χ1v) is 4.55. The normalized spacial score (nSPS) is 9.60. The lowest BCUT2D eigenvalue weighted by Gasteiger charge is -2.01. The summed E-state index contributed by atoms with van der Waals surface area (Å²) in [6, 6.07) is 11.2. The van der Waals surface area contributed by atoms with Gasteiger partial charge < -0.3 is 4.42 Å². The highest BCUT2D eigenvalue weighted by Gasteiger charge is 2.02. The Hall–Kier alpha value is -2.19. The summed E-state index contributed by atoms with van der Waals surface area (Å²) in [4.78, 5) is 2.79. The molecule has 0 radical (unpaired) electrons. The van der Waals surface area contributed by atoms with E-state index in [1.165, 1.54) is 0 Å². The fourth-order valence-corrected chi connectivity index (χ4v) is 1.41. The lowest BCUT2D eigenvalue weighted by Crippen LogP contribution is -1.85. The third-order valence-electron chi connectivity index (χ3n) is 2.09. The van der Waals surface area contributed by atoms with E-state index in [1.54, 1.807) is 12.3 Å². The minimum Gasteiger partial charge on any atom is -0.469 e. The van der Waals surface area contributed by atoms with Crippen molar-refractivity contribution in [3.8, 4) is 0 Å². The molecule has 4 nitrogen and oxygen atoms in total. The van der Waals surface area contributed by atoms with Gasteiger partial charge in [-0.2, -0.15) is 0 Å². The van der Waals surface area contributed by atoms with E-state index in [0.29, 0.717) is 12.1 Å². The van der Waals surface area contributed by atoms with E-state index < -0.39 is 0 Å². The maximum Gasteiger partial charge on any atom is 0.108 e. The van der Waals surface area contributed by atoms with Crippen molar-refractivity contribution in [2.45, 2.75) is 6.42 Å². The van der Waals surface area contributed by atoms with Crippen LogP contribution in [0.3, 0.4) is 0 Å². The molecule has 0 aliphatic rings. The van der Waals surface area contributed by atoms with Gasteiger partial charge in [-0.15, -0.1) is 0 Å². The maximum atomic E-state index is 8.41. The Bertz CT molecular complexity index is 484. The van der Waals surface area contributed by atoms with Crippen LogP contribution in [-0.4, -0.2) is 0 Å². The summed E-state index contributed by atoms with van der Waals surface area (Å²) in [6.07, 6.45) is 2.27. The molecule has 0 unspecified atom stereocenters. The van der Waals surface area contributed by atoms with Crippen molar-refractivity contribution in [2.24, 2.45) is 5.11 Å². The van der Waals surface area contributed by atoms with Crippen LogP contribution in [0.25, 0.3) is 10.4 Å². The number of rotatable bonds is 3. The van der Waals surface area contributed by atoms with Gasteiger partial charge in [-0.05, 0) is 23.2 Å². The number of hydrogen-bond acceptors (Lipinski definition) is 2. The van der Waals surface area contributed by atoms with Crippen molar-refractivity contribution < 1.29 is 4.42 Å². The fourth-order valence-electron chi connectivity index (χ4n) is 1.41. The second-order valence-corrected chi connectivity index (χ2v) is 3.07. The molecule has 0 bridgehead atoms. The van der Waals surface area contributed by atoms with Gasteiger partial charge in [0.1, 0.15) is 5.76 Å². The Morgan fingerprint density at radius 1 is 1.20 bits per heavy atom. The zero-order valence-corrected chi connectivity index (χ0v) is 8.00. The highest BCUT2D eigenvalue weighted by molar-refractivity contribution is 5.46. The van der Waals surface area contributed by atoms with Crippen LogP contribution in [0, 0.1) is 0 Å². The fraction of sp³-hybridized carbons (Fsp3) is 0.0909. The topological polar surface area (TPSA) is 61.9 Å². The van der Waals surface area contributed by atoms with Gasteiger partial charge in [-0.3, -0.25) is 0 Å². The van der Waals surface area contributed by atoms with E-state index in [9.17, 15) is 0 Å². The second-order valence-electron chi connectivity index (χ2n) is 3.07. The molecule has 0 spiro atoms. The predicted molar refractivity (Wildman–Crippen MR) is 56.8 cm³/mol. The van der Waals surface area contributed by atoms with Crippen LogP contribution >= 0.6 is 0 Å². The molecular formula is C11H9N3O. The van der Waals surface area contributed by atoms with E-state index in [2.05, 4.69) is 10.0 Å². The number of furan rings is 1. The van der Waals surface area contributed by atoms with E-state index in [0.717, 1.165) is 11.3 Å². The van der Waals surface area contributed by atoms with Crippen LogP contribution in [0.15, 0.2) is 52.2 Å². The summed E-state index contributed by atoms with van der Waals surface area (Å²) in [5.74, 6) is 0.857.